The van der Waals surface area contributed by atoms with Crippen molar-refractivity contribution in [1.82, 2.24) is 30.6 Å². The van der Waals surface area contributed by atoms with Crippen molar-refractivity contribution in [1.29, 1.82) is 0 Å². The molecule has 0 spiro atoms. The van der Waals surface area contributed by atoms with Gasteiger partial charge in [0, 0.05) is 58.2 Å². The Kier molecular flexibility index (Phi) is 10.9. The third-order valence-corrected chi connectivity index (χ3v) is 8.22. The number of H-pyrrole nitrogens is 2. The van der Waals surface area contributed by atoms with Crippen molar-refractivity contribution in [3.63, 3.8) is 0 Å². The molecule has 14 heteroatoms. The molecule has 0 atom stereocenters. The Bertz CT molecular complexity index is 2320. The van der Waals surface area contributed by atoms with E-state index in [1.165, 1.54) is 18.2 Å². The van der Waals surface area contributed by atoms with Gasteiger partial charge in [0.05, 0.1) is 33.3 Å². The monoisotopic (exact) mass is 675 g/mol. The number of nitrogens with one attached hydrogen (secondary N) is 3. The molecule has 0 bridgehead atoms. The number of carboxylic acids is 1. The number of carbonyl (C=O) groups excluding carboxylic acids is 1. The second-order valence-electron chi connectivity index (χ2n) is 11.4. The molecule has 1 aliphatic heterocycles. The third kappa shape index (κ3) is 7.65. The van der Waals surface area contributed by atoms with Crippen LogP contribution in [0.4, 0.5) is 8.78 Å². The van der Waals surface area contributed by atoms with Gasteiger partial charge in [0.15, 0.2) is 0 Å². The average molecular weight is 675 g/mol. The number of carboxylic acid groups (broad SMARTS) is 1. The van der Waals surface area contributed by atoms with E-state index in [-0.39, 0.29) is 43.0 Å². The fourth-order valence-electron chi connectivity index (χ4n) is 5.73. The van der Waals surface area contributed by atoms with Crippen molar-refractivity contribution < 1.29 is 23.5 Å². The molecule has 2 aromatic heterocycles. The van der Waals surface area contributed by atoms with Gasteiger partial charge in [-0.05, 0) is 47.5 Å². The number of hydrogen-bond donors (Lipinski definition) is 4. The quantitative estimate of drug-likeness (QED) is 0.195. The number of hydrogen-bond acceptors (Lipinski definition) is 7. The van der Waals surface area contributed by atoms with Crippen LogP contribution in [-0.2, 0) is 12.8 Å². The lowest BCUT2D eigenvalue weighted by Gasteiger charge is -2.27. The molecule has 3 heterocycles. The number of aromatic amines is 2. The summed E-state index contributed by atoms with van der Waals surface area (Å²) in [6, 6.07) is 22.7. The van der Waals surface area contributed by atoms with Gasteiger partial charge in [-0.3, -0.25) is 14.4 Å². The van der Waals surface area contributed by atoms with E-state index >= 15 is 0 Å². The Hall–Kier alpha value is -6.02. The van der Waals surface area contributed by atoms with Gasteiger partial charge in [-0.1, -0.05) is 48.5 Å². The van der Waals surface area contributed by atoms with Crippen molar-refractivity contribution in [3.05, 3.63) is 151 Å². The lowest BCUT2D eigenvalue weighted by Crippen LogP contribution is -2.46. The summed E-state index contributed by atoms with van der Waals surface area (Å²) in [5.74, 6) is -2.93. The van der Waals surface area contributed by atoms with Crippen LogP contribution in [-0.4, -0.2) is 76.9 Å². The van der Waals surface area contributed by atoms with E-state index in [4.69, 9.17) is 5.11 Å². The summed E-state index contributed by atoms with van der Waals surface area (Å²) in [7, 11) is 0. The molecule has 0 saturated carbocycles. The number of nitrogens with zero attached hydrogens (tertiary/aromatic N) is 3. The summed E-state index contributed by atoms with van der Waals surface area (Å²) in [5.41, 5.74) is 1.79. The van der Waals surface area contributed by atoms with Crippen molar-refractivity contribution in [2.24, 2.45) is 0 Å². The summed E-state index contributed by atoms with van der Waals surface area (Å²) in [5, 5.41) is 27.7. The van der Waals surface area contributed by atoms with Crippen LogP contribution in [0.3, 0.4) is 0 Å². The number of benzene rings is 4. The van der Waals surface area contributed by atoms with Gasteiger partial charge < -0.3 is 15.3 Å². The second kappa shape index (κ2) is 15.5. The van der Waals surface area contributed by atoms with E-state index in [9.17, 15) is 28.0 Å². The normalized spacial score (nSPS) is 12.6. The molecule has 1 fully saturated rings. The van der Waals surface area contributed by atoms with Crippen LogP contribution in [0.1, 0.15) is 43.2 Å². The Morgan fingerprint density at radius 1 is 0.680 bits per heavy atom. The van der Waals surface area contributed by atoms with Gasteiger partial charge in [-0.2, -0.15) is 10.2 Å². The van der Waals surface area contributed by atoms with Gasteiger partial charge in [-0.15, -0.1) is 0 Å². The highest BCUT2D eigenvalue weighted by Gasteiger charge is 2.22. The minimum atomic E-state index is -1.32. The zero-order valence-corrected chi connectivity index (χ0v) is 26.6. The maximum absolute atomic E-state index is 14.3. The minimum Gasteiger partial charge on any atom is -0.478 e. The first-order valence-electron chi connectivity index (χ1n) is 15.4. The van der Waals surface area contributed by atoms with E-state index in [0.29, 0.717) is 65.7 Å². The SMILES string of the molecule is O=C(O)c1cc(Cc2n[nH]c(=O)c3ccccc23)ccc1F.O=C(c1cc(Cc2n[nH]c(=O)c3ccccc23)ccc1F)N1CCNCC1.[B]. The van der Waals surface area contributed by atoms with Crippen LogP contribution in [0.5, 0.6) is 0 Å². The number of halogens is 2. The summed E-state index contributed by atoms with van der Waals surface area (Å²) < 4.78 is 27.7. The fourth-order valence-corrected chi connectivity index (χ4v) is 5.73. The molecule has 1 saturated heterocycles. The number of aromatic nitrogens is 4. The smallest absolute Gasteiger partial charge is 0.338 e. The van der Waals surface area contributed by atoms with Gasteiger partial charge in [0.25, 0.3) is 17.0 Å². The molecule has 251 valence electrons. The Morgan fingerprint density at radius 2 is 1.12 bits per heavy atom. The van der Waals surface area contributed by atoms with Gasteiger partial charge in [0.2, 0.25) is 0 Å². The highest BCUT2D eigenvalue weighted by Crippen LogP contribution is 2.21. The second-order valence-corrected chi connectivity index (χ2v) is 11.4. The highest BCUT2D eigenvalue weighted by molar-refractivity contribution is 5.95. The summed E-state index contributed by atoms with van der Waals surface area (Å²) in [6.45, 7) is 2.55. The molecule has 11 nitrogen and oxygen atoms in total. The summed E-state index contributed by atoms with van der Waals surface area (Å²) >= 11 is 0. The first kappa shape index (κ1) is 35.3. The molecule has 1 amide bonds. The first-order valence-corrected chi connectivity index (χ1v) is 15.4. The van der Waals surface area contributed by atoms with Crippen LogP contribution in [0.15, 0.2) is 94.5 Å². The Labute approximate surface area is 285 Å². The topological polar surface area (TPSA) is 161 Å². The number of amides is 1. The van der Waals surface area contributed by atoms with Crippen LogP contribution in [0.25, 0.3) is 21.5 Å². The van der Waals surface area contributed by atoms with Crippen molar-refractivity contribution in [2.45, 2.75) is 12.8 Å². The Morgan fingerprint density at radius 3 is 1.60 bits per heavy atom. The molecular weight excluding hydrogens is 645 g/mol. The number of aromatic carboxylic acids is 1. The van der Waals surface area contributed by atoms with Crippen LogP contribution in [0, 0.1) is 11.6 Å². The maximum Gasteiger partial charge on any atom is 0.338 e. The third-order valence-electron chi connectivity index (χ3n) is 8.22. The lowest BCUT2D eigenvalue weighted by molar-refractivity contribution is 0.0689. The van der Waals surface area contributed by atoms with E-state index < -0.39 is 17.6 Å². The fraction of sp³-hybridized carbons (Fsp3) is 0.167. The summed E-state index contributed by atoms with van der Waals surface area (Å²) in [6.07, 6.45) is 0.678. The molecule has 4 aromatic carbocycles. The van der Waals surface area contributed by atoms with E-state index in [1.807, 2.05) is 12.1 Å². The predicted molar refractivity (Wildman–Crippen MR) is 185 cm³/mol. The lowest BCUT2D eigenvalue weighted by atomic mass is 10.0. The number of carbonyl (C=O) groups is 2. The van der Waals surface area contributed by atoms with E-state index in [1.54, 1.807) is 53.4 Å². The maximum atomic E-state index is 14.3. The van der Waals surface area contributed by atoms with Crippen LogP contribution < -0.4 is 16.4 Å². The molecule has 50 heavy (non-hydrogen) atoms. The largest absolute Gasteiger partial charge is 0.478 e. The zero-order chi connectivity index (χ0) is 34.5. The number of fused-ring (bicyclic) bond motifs is 2. The molecule has 7 rings (SSSR count). The molecule has 1 aliphatic rings. The molecule has 0 unspecified atom stereocenters. The van der Waals surface area contributed by atoms with E-state index in [2.05, 4.69) is 25.7 Å². The van der Waals surface area contributed by atoms with Crippen LogP contribution >= 0.6 is 0 Å². The van der Waals surface area contributed by atoms with Gasteiger partial charge >= 0.3 is 5.97 Å². The van der Waals surface area contributed by atoms with Gasteiger partial charge in [-0.25, -0.2) is 23.8 Å². The predicted octanol–water partition coefficient (Wildman–Crippen LogP) is 3.67. The molecule has 3 radical (unpaired) electrons. The first-order chi connectivity index (χ1) is 23.7. The molecule has 6 aromatic rings. The summed E-state index contributed by atoms with van der Waals surface area (Å²) in [4.78, 5) is 49.0. The van der Waals surface area contributed by atoms with Crippen molar-refractivity contribution in [2.75, 3.05) is 26.2 Å². The highest BCUT2D eigenvalue weighted by atomic mass is 19.1. The number of piperazine rings is 1. The minimum absolute atomic E-state index is 0. The van der Waals surface area contributed by atoms with Crippen LogP contribution in [0.2, 0.25) is 0 Å². The van der Waals surface area contributed by atoms with Crippen molar-refractivity contribution >= 4 is 41.8 Å². The Balaban J connectivity index is 0.000000195. The standard InChI is InChI=1S/C20H19FN4O2.C16H11FN2O3.B/c21-17-6-5-13(11-16(17)20(27)25-9-7-22-8-10-25)12-18-14-3-1-2-4-15(14)19(26)24-23-18;17-13-6-5-9(7-12(13)16(21)22)8-14-10-3-1-2-4-11(10)15(20)19-18-14;/h1-6,11,22H,7-10,12H2,(H,24,26);1-7H,8H2,(H,19,20)(H,21,22);. The molecule has 0 aliphatic carbocycles. The van der Waals surface area contributed by atoms with Crippen molar-refractivity contribution in [3.8, 4) is 0 Å². The molecule has 4 N–H and O–H groups in total. The average Bonchev–Trinajstić information content (AvgIpc) is 3.12. The van der Waals surface area contributed by atoms with E-state index in [0.717, 1.165) is 17.0 Å². The number of rotatable bonds is 6. The van der Waals surface area contributed by atoms with Gasteiger partial charge in [0.1, 0.15) is 11.6 Å². The zero-order valence-electron chi connectivity index (χ0n) is 26.6. The molecular formula is C36H30BF2N6O5.